The highest BCUT2D eigenvalue weighted by molar-refractivity contribution is 6.00. The maximum atomic E-state index is 6.35. The van der Waals surface area contributed by atoms with Crippen LogP contribution in [0.5, 0.6) is 5.75 Å². The second kappa shape index (κ2) is 6.34. The van der Waals surface area contributed by atoms with Crippen molar-refractivity contribution < 1.29 is 18.9 Å². The molecule has 0 amide bonds. The molecule has 1 heterocycles. The van der Waals surface area contributed by atoms with Gasteiger partial charge < -0.3 is 9.16 Å². The van der Waals surface area contributed by atoms with E-state index in [1.54, 1.807) is 7.11 Å². The topological polar surface area (TPSA) is 36.9 Å². The number of hydrogen-bond acceptors (Lipinski definition) is 4. The van der Waals surface area contributed by atoms with Crippen molar-refractivity contribution >= 4 is 10.5 Å². The van der Waals surface area contributed by atoms with E-state index in [0.29, 0.717) is 5.92 Å². The lowest BCUT2D eigenvalue weighted by atomic mass is 9.59. The monoisotopic (exact) mass is 429 g/mol. The number of hydrogen-bond donors (Lipinski definition) is 0. The lowest BCUT2D eigenvalue weighted by Crippen LogP contribution is -2.72. The number of methoxy groups -OCH3 is 1. The molecule has 3 aliphatic rings. The molecule has 4 atom stereocenters. The van der Waals surface area contributed by atoms with Gasteiger partial charge in [-0.15, -0.1) is 0 Å². The molecule has 0 aromatic heterocycles. The lowest BCUT2D eigenvalue weighted by molar-refractivity contribution is -0.636. The summed E-state index contributed by atoms with van der Waals surface area (Å²) in [5.41, 5.74) is 5.21. The van der Waals surface area contributed by atoms with Gasteiger partial charge in [-0.3, -0.25) is 0 Å². The van der Waals surface area contributed by atoms with Crippen molar-refractivity contribution in [1.82, 2.24) is 0 Å². The maximum Gasteiger partial charge on any atom is 0.341 e. The van der Waals surface area contributed by atoms with Crippen molar-refractivity contribution in [2.75, 3.05) is 7.11 Å². The second-order valence-electron chi connectivity index (χ2n) is 11.6. The number of ether oxygens (including phenoxy) is 1. The molecule has 2 saturated carbocycles. The van der Waals surface area contributed by atoms with Crippen molar-refractivity contribution in [2.24, 2.45) is 16.7 Å². The molecular weight excluding hydrogens is 392 g/mol. The summed E-state index contributed by atoms with van der Waals surface area (Å²) >= 11 is 0. The average Bonchev–Trinajstić information content (AvgIpc) is 2.98. The largest absolute Gasteiger partial charge is 0.540 e. The Morgan fingerprint density at radius 3 is 2.00 bits per heavy atom. The Morgan fingerprint density at radius 1 is 1.00 bits per heavy atom. The fourth-order valence-electron chi connectivity index (χ4n) is 7.16. The van der Waals surface area contributed by atoms with Gasteiger partial charge in [0.1, 0.15) is 5.75 Å². The van der Waals surface area contributed by atoms with E-state index in [1.165, 1.54) is 23.1 Å². The first-order valence-electron chi connectivity index (χ1n) is 11.2. The van der Waals surface area contributed by atoms with Gasteiger partial charge in [0.05, 0.1) is 5.56 Å². The van der Waals surface area contributed by atoms with Crippen LogP contribution in [0.2, 0.25) is 0 Å². The lowest BCUT2D eigenvalue weighted by Gasteiger charge is -2.62. The van der Waals surface area contributed by atoms with Crippen molar-refractivity contribution in [3.63, 3.8) is 0 Å². The number of fused-ring (bicyclic) bond motifs is 3. The number of benzene rings is 1. The second-order valence-corrected chi connectivity index (χ2v) is 11.8. The van der Waals surface area contributed by atoms with Crippen molar-refractivity contribution in [3.05, 3.63) is 27.8 Å². The number of rotatable bonds is 3. The third kappa shape index (κ3) is 2.23. The predicted octanol–water partition coefficient (Wildman–Crippen LogP) is 5.72. The van der Waals surface area contributed by atoms with Gasteiger partial charge in [0.25, 0.3) is 5.79 Å². The summed E-state index contributed by atoms with van der Waals surface area (Å²) in [5.74, 6) is 0.384. The third-order valence-electron chi connectivity index (χ3n) is 9.49. The molecule has 1 spiro atoms. The smallest absolute Gasteiger partial charge is 0.341 e. The van der Waals surface area contributed by atoms with Crippen LogP contribution in [0.25, 0.3) is 0 Å². The molecule has 3 radical (unpaired) electrons. The Balaban J connectivity index is 2.04. The molecular formula is C25H37O4Si. The highest BCUT2D eigenvalue weighted by atomic mass is 28.2. The van der Waals surface area contributed by atoms with Crippen LogP contribution in [0.3, 0.4) is 0 Å². The standard InChI is InChI=1S/C25H37O4Si/c1-14-15(2)18(21(4,5)6)20(27-30)19(16(14)3)25(26-10)24(28-29-25)13-17-11-12-23(24,9)22(17,7)8/h17H,11-13H2,1-10H3. The molecule has 5 heteroatoms. The summed E-state index contributed by atoms with van der Waals surface area (Å²) in [6, 6.07) is 0. The van der Waals surface area contributed by atoms with E-state index < -0.39 is 11.4 Å². The quantitative estimate of drug-likeness (QED) is 0.455. The van der Waals surface area contributed by atoms with Crippen LogP contribution in [-0.2, 0) is 25.7 Å². The van der Waals surface area contributed by atoms with Crippen LogP contribution >= 0.6 is 0 Å². The Labute approximate surface area is 185 Å². The molecule has 1 saturated heterocycles. The first-order chi connectivity index (χ1) is 13.8. The molecule has 3 fully saturated rings. The molecule has 4 unspecified atom stereocenters. The van der Waals surface area contributed by atoms with E-state index in [9.17, 15) is 0 Å². The van der Waals surface area contributed by atoms with Gasteiger partial charge in [0.2, 0.25) is 0 Å². The van der Waals surface area contributed by atoms with Gasteiger partial charge in [-0.05, 0) is 73.5 Å². The van der Waals surface area contributed by atoms with E-state index in [1.807, 2.05) is 0 Å². The van der Waals surface area contributed by atoms with Gasteiger partial charge >= 0.3 is 10.5 Å². The van der Waals surface area contributed by atoms with E-state index in [4.69, 9.17) is 18.9 Å². The Morgan fingerprint density at radius 2 is 1.63 bits per heavy atom. The van der Waals surface area contributed by atoms with Gasteiger partial charge in [-0.1, -0.05) is 41.5 Å². The van der Waals surface area contributed by atoms with Gasteiger partial charge in [-0.2, -0.15) is 4.89 Å². The third-order valence-corrected chi connectivity index (χ3v) is 9.70. The fraction of sp³-hybridized carbons (Fsp3) is 0.760. The van der Waals surface area contributed by atoms with Gasteiger partial charge in [0, 0.05) is 18.1 Å². The van der Waals surface area contributed by atoms with Crippen molar-refractivity contribution in [1.29, 1.82) is 0 Å². The van der Waals surface area contributed by atoms with E-state index >= 15 is 0 Å². The minimum Gasteiger partial charge on any atom is -0.540 e. The summed E-state index contributed by atoms with van der Waals surface area (Å²) in [4.78, 5) is 12.2. The van der Waals surface area contributed by atoms with Crippen LogP contribution in [0.1, 0.15) is 88.6 Å². The molecule has 0 N–H and O–H groups in total. The molecule has 1 aliphatic heterocycles. The normalized spacial score (nSPS) is 37.0. The summed E-state index contributed by atoms with van der Waals surface area (Å²) < 4.78 is 12.3. The molecule has 30 heavy (non-hydrogen) atoms. The molecule has 4 rings (SSSR count). The minimum absolute atomic E-state index is 0.0605. The van der Waals surface area contributed by atoms with Crippen LogP contribution in [0, 0.1) is 37.5 Å². The summed E-state index contributed by atoms with van der Waals surface area (Å²) in [6.45, 7) is 20.3. The van der Waals surface area contributed by atoms with Crippen molar-refractivity contribution in [2.45, 2.75) is 98.4 Å². The molecule has 1 aromatic carbocycles. The van der Waals surface area contributed by atoms with Gasteiger partial charge in [-0.25, -0.2) is 4.89 Å². The fourth-order valence-corrected chi connectivity index (χ4v) is 7.36. The van der Waals surface area contributed by atoms with Crippen LogP contribution in [-0.4, -0.2) is 23.2 Å². The average molecular weight is 430 g/mol. The summed E-state index contributed by atoms with van der Waals surface area (Å²) in [7, 11) is 5.15. The maximum absolute atomic E-state index is 6.35. The Hall–Kier alpha value is -0.883. The summed E-state index contributed by atoms with van der Waals surface area (Å²) in [6.07, 6.45) is 3.27. The van der Waals surface area contributed by atoms with Crippen LogP contribution < -0.4 is 4.43 Å². The molecule has 165 valence electrons. The van der Waals surface area contributed by atoms with Crippen molar-refractivity contribution in [3.8, 4) is 5.75 Å². The minimum atomic E-state index is -1.00. The first-order valence-corrected chi connectivity index (χ1v) is 11.6. The highest BCUT2D eigenvalue weighted by Crippen LogP contribution is 2.78. The van der Waals surface area contributed by atoms with Gasteiger partial charge in [0.15, 0.2) is 5.60 Å². The predicted molar refractivity (Wildman–Crippen MR) is 119 cm³/mol. The highest BCUT2D eigenvalue weighted by Gasteiger charge is 2.83. The zero-order valence-electron chi connectivity index (χ0n) is 20.3. The van der Waals surface area contributed by atoms with E-state index in [-0.39, 0.29) is 16.2 Å². The Kier molecular flexibility index (Phi) is 4.71. The SMILES string of the molecule is COC1(c2c(C)c(C)c(C)c(C(C)(C)C)c2O[Si])OOC12CC1CCC2(C)C1(C)C. The first kappa shape index (κ1) is 22.3. The van der Waals surface area contributed by atoms with Crippen LogP contribution in [0.15, 0.2) is 0 Å². The zero-order valence-corrected chi connectivity index (χ0v) is 21.3. The summed E-state index contributed by atoms with van der Waals surface area (Å²) in [5, 5.41) is 0. The van der Waals surface area contributed by atoms with Crippen LogP contribution in [0.4, 0.5) is 0 Å². The molecule has 2 bridgehead atoms. The van der Waals surface area contributed by atoms with E-state index in [2.05, 4.69) is 72.8 Å². The Bertz CT molecular complexity index is 898. The van der Waals surface area contributed by atoms with E-state index in [0.717, 1.165) is 29.7 Å². The molecule has 2 aliphatic carbocycles. The molecule has 4 nitrogen and oxygen atoms in total. The molecule has 1 aromatic rings. The zero-order chi connectivity index (χ0) is 22.5.